The highest BCUT2D eigenvalue weighted by Gasteiger charge is 2.24. The monoisotopic (exact) mass is 314 g/mol. The van der Waals surface area contributed by atoms with E-state index >= 15 is 0 Å². The zero-order valence-electron chi connectivity index (χ0n) is 13.5. The number of hydrogen-bond donors (Lipinski definition) is 2. The molecule has 1 aliphatic rings. The maximum atomic E-state index is 12.3. The van der Waals surface area contributed by atoms with Crippen molar-refractivity contribution in [3.05, 3.63) is 24.3 Å². The molecule has 23 heavy (non-hydrogen) atoms. The minimum Gasteiger partial charge on any atom is -0.345 e. The van der Waals surface area contributed by atoms with Crippen molar-refractivity contribution in [2.24, 2.45) is 0 Å². The molecule has 3 rings (SSSR count). The standard InChI is InChI=1S/C17H22N4O2/c1-11(18-12(2)22)16(23)20-17-19-14-9-5-6-10-15(14)21(17)13-7-3-4-8-13/h5-6,9-11,13H,3-4,7-8H2,1-2H3,(H,18,22)(H,19,20,23). The summed E-state index contributed by atoms with van der Waals surface area (Å²) in [5.74, 6) is 0.0898. The van der Waals surface area contributed by atoms with Gasteiger partial charge in [-0.1, -0.05) is 25.0 Å². The maximum Gasteiger partial charge on any atom is 0.248 e. The Hall–Kier alpha value is -2.37. The molecule has 1 fully saturated rings. The van der Waals surface area contributed by atoms with Crippen LogP contribution >= 0.6 is 0 Å². The number of carbonyl (C=O) groups excluding carboxylic acids is 2. The number of fused-ring (bicyclic) bond motifs is 1. The quantitative estimate of drug-likeness (QED) is 0.911. The number of para-hydroxylation sites is 2. The van der Waals surface area contributed by atoms with Crippen molar-refractivity contribution >= 4 is 28.8 Å². The summed E-state index contributed by atoms with van der Waals surface area (Å²) in [7, 11) is 0. The fourth-order valence-corrected chi connectivity index (χ4v) is 3.25. The van der Waals surface area contributed by atoms with Gasteiger partial charge in [0.2, 0.25) is 17.8 Å². The van der Waals surface area contributed by atoms with E-state index in [2.05, 4.69) is 20.2 Å². The van der Waals surface area contributed by atoms with E-state index in [4.69, 9.17) is 0 Å². The minimum atomic E-state index is -0.593. The Kier molecular flexibility index (Phi) is 4.32. The molecule has 2 amide bonds. The zero-order chi connectivity index (χ0) is 16.4. The van der Waals surface area contributed by atoms with Crippen LogP contribution in [0.5, 0.6) is 0 Å². The molecule has 1 unspecified atom stereocenters. The average molecular weight is 314 g/mol. The highest BCUT2D eigenvalue weighted by molar-refractivity contribution is 5.96. The Labute approximate surface area is 135 Å². The molecule has 0 aliphatic heterocycles. The van der Waals surface area contributed by atoms with Crippen molar-refractivity contribution in [2.75, 3.05) is 5.32 Å². The SMILES string of the molecule is CC(=O)NC(C)C(=O)Nc1nc2ccccc2n1C1CCCC1. The van der Waals surface area contributed by atoms with E-state index < -0.39 is 6.04 Å². The van der Waals surface area contributed by atoms with Crippen LogP contribution in [-0.2, 0) is 9.59 Å². The van der Waals surface area contributed by atoms with Crippen molar-refractivity contribution < 1.29 is 9.59 Å². The van der Waals surface area contributed by atoms with Gasteiger partial charge in [-0.15, -0.1) is 0 Å². The van der Waals surface area contributed by atoms with Gasteiger partial charge in [0.25, 0.3) is 0 Å². The fraction of sp³-hybridized carbons (Fsp3) is 0.471. The molecule has 122 valence electrons. The topological polar surface area (TPSA) is 76.0 Å². The summed E-state index contributed by atoms with van der Waals surface area (Å²) in [5.41, 5.74) is 1.92. The first-order valence-corrected chi connectivity index (χ1v) is 8.11. The van der Waals surface area contributed by atoms with Gasteiger partial charge >= 0.3 is 0 Å². The predicted octanol–water partition coefficient (Wildman–Crippen LogP) is 2.61. The number of aromatic nitrogens is 2. The number of amides is 2. The first-order chi connectivity index (χ1) is 11.1. The van der Waals surface area contributed by atoms with Gasteiger partial charge in [0.05, 0.1) is 11.0 Å². The summed E-state index contributed by atoms with van der Waals surface area (Å²) in [5, 5.41) is 5.48. The van der Waals surface area contributed by atoms with Crippen LogP contribution in [0.3, 0.4) is 0 Å². The van der Waals surface area contributed by atoms with Crippen LogP contribution in [0.25, 0.3) is 11.0 Å². The predicted molar refractivity (Wildman–Crippen MR) is 89.1 cm³/mol. The maximum absolute atomic E-state index is 12.3. The van der Waals surface area contributed by atoms with E-state index in [-0.39, 0.29) is 11.8 Å². The Balaban J connectivity index is 1.91. The number of anilines is 1. The molecule has 1 aromatic heterocycles. The van der Waals surface area contributed by atoms with Gasteiger partial charge < -0.3 is 9.88 Å². The second kappa shape index (κ2) is 6.40. The van der Waals surface area contributed by atoms with Crippen molar-refractivity contribution in [2.45, 2.75) is 51.6 Å². The Bertz CT molecular complexity index is 731. The number of benzene rings is 1. The zero-order valence-corrected chi connectivity index (χ0v) is 13.5. The first kappa shape index (κ1) is 15.5. The van der Waals surface area contributed by atoms with Gasteiger partial charge in [0, 0.05) is 13.0 Å². The van der Waals surface area contributed by atoms with Crippen LogP contribution in [0.1, 0.15) is 45.6 Å². The molecule has 0 spiro atoms. The van der Waals surface area contributed by atoms with Crippen molar-refractivity contribution in [1.82, 2.24) is 14.9 Å². The van der Waals surface area contributed by atoms with Crippen molar-refractivity contribution in [1.29, 1.82) is 0 Å². The number of nitrogens with zero attached hydrogens (tertiary/aromatic N) is 2. The summed E-state index contributed by atoms with van der Waals surface area (Å²) in [6.07, 6.45) is 4.61. The summed E-state index contributed by atoms with van der Waals surface area (Å²) < 4.78 is 2.14. The molecule has 0 saturated heterocycles. The second-order valence-corrected chi connectivity index (χ2v) is 6.14. The minimum absolute atomic E-state index is 0.225. The van der Waals surface area contributed by atoms with Crippen LogP contribution in [0.2, 0.25) is 0 Å². The summed E-state index contributed by atoms with van der Waals surface area (Å²) in [6.45, 7) is 3.07. The van der Waals surface area contributed by atoms with E-state index in [1.807, 2.05) is 24.3 Å². The van der Waals surface area contributed by atoms with Gasteiger partial charge in [-0.25, -0.2) is 4.98 Å². The third-order valence-corrected chi connectivity index (χ3v) is 4.33. The molecule has 2 aromatic rings. The second-order valence-electron chi connectivity index (χ2n) is 6.14. The van der Waals surface area contributed by atoms with Gasteiger partial charge in [-0.3, -0.25) is 14.9 Å². The summed E-state index contributed by atoms with van der Waals surface area (Å²) in [4.78, 5) is 28.0. The molecule has 1 heterocycles. The smallest absolute Gasteiger partial charge is 0.248 e. The Morgan fingerprint density at radius 3 is 2.65 bits per heavy atom. The molecule has 0 bridgehead atoms. The molecule has 6 nitrogen and oxygen atoms in total. The van der Waals surface area contributed by atoms with Crippen LogP contribution < -0.4 is 10.6 Å². The Morgan fingerprint density at radius 1 is 1.26 bits per heavy atom. The van der Waals surface area contributed by atoms with Gasteiger partial charge in [-0.05, 0) is 31.9 Å². The van der Waals surface area contributed by atoms with Gasteiger partial charge in [0.15, 0.2) is 0 Å². The summed E-state index contributed by atoms with van der Waals surface area (Å²) in [6, 6.07) is 7.69. The van der Waals surface area contributed by atoms with Crippen LogP contribution in [-0.4, -0.2) is 27.4 Å². The van der Waals surface area contributed by atoms with Crippen LogP contribution in [0.15, 0.2) is 24.3 Å². The largest absolute Gasteiger partial charge is 0.345 e. The molecule has 1 atom stereocenters. The van der Waals surface area contributed by atoms with E-state index in [0.29, 0.717) is 12.0 Å². The lowest BCUT2D eigenvalue weighted by molar-refractivity contribution is -0.124. The van der Waals surface area contributed by atoms with E-state index in [1.54, 1.807) is 6.92 Å². The molecule has 6 heteroatoms. The van der Waals surface area contributed by atoms with E-state index in [9.17, 15) is 9.59 Å². The fourth-order valence-electron chi connectivity index (χ4n) is 3.25. The van der Waals surface area contributed by atoms with Crippen molar-refractivity contribution in [3.8, 4) is 0 Å². The molecule has 2 N–H and O–H groups in total. The van der Waals surface area contributed by atoms with E-state index in [1.165, 1.54) is 19.8 Å². The highest BCUT2D eigenvalue weighted by atomic mass is 16.2. The number of nitrogens with one attached hydrogen (secondary N) is 2. The molecule has 1 saturated carbocycles. The lowest BCUT2D eigenvalue weighted by Gasteiger charge is -2.18. The number of rotatable bonds is 4. The van der Waals surface area contributed by atoms with Crippen LogP contribution in [0, 0.1) is 0 Å². The molecule has 0 radical (unpaired) electrons. The average Bonchev–Trinajstić information content (AvgIpc) is 3.12. The lowest BCUT2D eigenvalue weighted by atomic mass is 10.2. The molecule has 1 aliphatic carbocycles. The van der Waals surface area contributed by atoms with Crippen molar-refractivity contribution in [3.63, 3.8) is 0 Å². The normalized spacial score (nSPS) is 16.4. The van der Waals surface area contributed by atoms with Gasteiger partial charge in [-0.2, -0.15) is 0 Å². The van der Waals surface area contributed by atoms with Crippen LogP contribution in [0.4, 0.5) is 5.95 Å². The first-order valence-electron chi connectivity index (χ1n) is 8.11. The third-order valence-electron chi connectivity index (χ3n) is 4.33. The molecule has 1 aromatic carbocycles. The molecular weight excluding hydrogens is 292 g/mol. The van der Waals surface area contributed by atoms with E-state index in [0.717, 1.165) is 23.9 Å². The lowest BCUT2D eigenvalue weighted by Crippen LogP contribution is -2.41. The number of carbonyl (C=O) groups is 2. The van der Waals surface area contributed by atoms with Gasteiger partial charge in [0.1, 0.15) is 6.04 Å². The number of imidazole rings is 1. The highest BCUT2D eigenvalue weighted by Crippen LogP contribution is 2.35. The molecular formula is C17H22N4O2. The summed E-state index contributed by atoms with van der Waals surface area (Å²) >= 11 is 0. The number of hydrogen-bond acceptors (Lipinski definition) is 3. The Morgan fingerprint density at radius 2 is 1.96 bits per heavy atom. The third kappa shape index (κ3) is 3.21.